The van der Waals surface area contributed by atoms with Crippen LogP contribution in [0.3, 0.4) is 0 Å². The van der Waals surface area contributed by atoms with Crippen molar-refractivity contribution < 1.29 is 23.5 Å². The Morgan fingerprint density at radius 3 is 2.48 bits per heavy atom. The van der Waals surface area contributed by atoms with Gasteiger partial charge in [-0.05, 0) is 50.2 Å². The Morgan fingerprint density at radius 2 is 1.77 bits per heavy atom. The standard InChI is InChI=1S/C24H23FN2O4/c1-15-12-27(13-16(2)31-15)23(28)14-30-24(29)20-11-22(17-7-9-18(25)10-8-17)26-21-6-4-3-5-19(20)21/h3-11,15-16H,12-14H2,1-2H3/t15-,16-/m1/s1. The number of ether oxygens (including phenoxy) is 2. The van der Waals surface area contributed by atoms with Crippen molar-refractivity contribution >= 4 is 22.8 Å². The van der Waals surface area contributed by atoms with Crippen molar-refractivity contribution in [2.75, 3.05) is 19.7 Å². The second-order valence-electron chi connectivity index (χ2n) is 7.71. The van der Waals surface area contributed by atoms with E-state index in [1.165, 1.54) is 12.1 Å². The van der Waals surface area contributed by atoms with E-state index in [4.69, 9.17) is 9.47 Å². The van der Waals surface area contributed by atoms with Gasteiger partial charge in [0.2, 0.25) is 0 Å². The van der Waals surface area contributed by atoms with Gasteiger partial charge in [-0.3, -0.25) is 4.79 Å². The van der Waals surface area contributed by atoms with E-state index in [-0.39, 0.29) is 30.5 Å². The lowest BCUT2D eigenvalue weighted by Gasteiger charge is -2.35. The van der Waals surface area contributed by atoms with E-state index in [9.17, 15) is 14.0 Å². The van der Waals surface area contributed by atoms with Gasteiger partial charge in [0.05, 0.1) is 29.0 Å². The summed E-state index contributed by atoms with van der Waals surface area (Å²) in [6.45, 7) is 4.39. The van der Waals surface area contributed by atoms with Gasteiger partial charge in [0.25, 0.3) is 5.91 Å². The largest absolute Gasteiger partial charge is 0.452 e. The Morgan fingerprint density at radius 1 is 1.10 bits per heavy atom. The first kappa shape index (κ1) is 20.9. The average Bonchev–Trinajstić information content (AvgIpc) is 2.76. The molecule has 0 saturated carbocycles. The van der Waals surface area contributed by atoms with Gasteiger partial charge < -0.3 is 14.4 Å². The minimum atomic E-state index is -0.607. The number of fused-ring (bicyclic) bond motifs is 1. The number of aromatic nitrogens is 1. The van der Waals surface area contributed by atoms with Gasteiger partial charge >= 0.3 is 5.97 Å². The molecule has 0 spiro atoms. The molecule has 2 atom stereocenters. The molecule has 0 radical (unpaired) electrons. The van der Waals surface area contributed by atoms with Crippen LogP contribution in [0.25, 0.3) is 22.2 Å². The highest BCUT2D eigenvalue weighted by Gasteiger charge is 2.27. The van der Waals surface area contributed by atoms with Crippen molar-refractivity contribution in [1.82, 2.24) is 9.88 Å². The molecular weight excluding hydrogens is 399 g/mol. The number of pyridine rings is 1. The molecular formula is C24H23FN2O4. The molecule has 1 aromatic heterocycles. The number of morpholine rings is 1. The lowest BCUT2D eigenvalue weighted by Crippen LogP contribution is -2.49. The van der Waals surface area contributed by atoms with Crippen LogP contribution in [0.2, 0.25) is 0 Å². The molecule has 1 amide bonds. The monoisotopic (exact) mass is 422 g/mol. The number of carbonyl (C=O) groups excluding carboxylic acids is 2. The molecule has 1 saturated heterocycles. The van der Waals surface area contributed by atoms with E-state index in [2.05, 4.69) is 4.98 Å². The number of amides is 1. The number of carbonyl (C=O) groups is 2. The Hall–Kier alpha value is -3.32. The predicted molar refractivity (Wildman–Crippen MR) is 114 cm³/mol. The molecule has 6 nitrogen and oxygen atoms in total. The van der Waals surface area contributed by atoms with Gasteiger partial charge in [-0.25, -0.2) is 14.2 Å². The van der Waals surface area contributed by atoms with Crippen LogP contribution in [0.5, 0.6) is 0 Å². The van der Waals surface area contributed by atoms with Crippen LogP contribution in [0, 0.1) is 5.82 Å². The summed E-state index contributed by atoms with van der Waals surface area (Å²) in [6.07, 6.45) is -0.128. The number of para-hydroxylation sites is 1. The maximum absolute atomic E-state index is 13.3. The van der Waals surface area contributed by atoms with Crippen molar-refractivity contribution in [2.24, 2.45) is 0 Å². The van der Waals surface area contributed by atoms with Gasteiger partial charge in [-0.15, -0.1) is 0 Å². The van der Waals surface area contributed by atoms with E-state index in [0.29, 0.717) is 40.8 Å². The second kappa shape index (κ2) is 8.81. The van der Waals surface area contributed by atoms with Crippen molar-refractivity contribution in [2.45, 2.75) is 26.1 Å². The number of benzene rings is 2. The SMILES string of the molecule is C[C@@H]1CN(C(=O)COC(=O)c2cc(-c3ccc(F)cc3)nc3ccccc23)C[C@@H](C)O1. The fraction of sp³-hybridized carbons (Fsp3) is 0.292. The summed E-state index contributed by atoms with van der Waals surface area (Å²) in [5.74, 6) is -1.22. The number of esters is 1. The summed E-state index contributed by atoms with van der Waals surface area (Å²) >= 11 is 0. The zero-order valence-electron chi connectivity index (χ0n) is 17.4. The third-order valence-electron chi connectivity index (χ3n) is 5.18. The minimum absolute atomic E-state index is 0.0641. The number of nitrogens with zero attached hydrogens (tertiary/aromatic N) is 2. The number of halogens is 1. The number of hydrogen-bond donors (Lipinski definition) is 0. The average molecular weight is 422 g/mol. The molecule has 7 heteroatoms. The Kier molecular flexibility index (Phi) is 5.95. The molecule has 1 aliphatic heterocycles. The van der Waals surface area contributed by atoms with Gasteiger partial charge in [0.1, 0.15) is 5.82 Å². The molecule has 0 N–H and O–H groups in total. The van der Waals surface area contributed by atoms with Gasteiger partial charge in [0.15, 0.2) is 6.61 Å². The maximum Gasteiger partial charge on any atom is 0.339 e. The molecule has 2 heterocycles. The lowest BCUT2D eigenvalue weighted by atomic mass is 10.0. The summed E-state index contributed by atoms with van der Waals surface area (Å²) in [4.78, 5) is 31.7. The van der Waals surface area contributed by atoms with Gasteiger partial charge in [0, 0.05) is 24.0 Å². The summed E-state index contributed by atoms with van der Waals surface area (Å²) in [5, 5.41) is 0.624. The van der Waals surface area contributed by atoms with Crippen molar-refractivity contribution in [3.63, 3.8) is 0 Å². The lowest BCUT2D eigenvalue weighted by molar-refractivity contribution is -0.146. The first-order valence-electron chi connectivity index (χ1n) is 10.2. The third kappa shape index (κ3) is 4.72. The summed E-state index contributed by atoms with van der Waals surface area (Å²) in [5.41, 5.74) is 2.11. The van der Waals surface area contributed by atoms with Crippen molar-refractivity contribution in [1.29, 1.82) is 0 Å². The van der Waals surface area contributed by atoms with Crippen LogP contribution < -0.4 is 0 Å². The summed E-state index contributed by atoms with van der Waals surface area (Å²) in [6, 6.07) is 14.7. The highest BCUT2D eigenvalue weighted by molar-refractivity contribution is 6.05. The summed E-state index contributed by atoms with van der Waals surface area (Å²) in [7, 11) is 0. The highest BCUT2D eigenvalue weighted by atomic mass is 19.1. The fourth-order valence-corrected chi connectivity index (χ4v) is 3.79. The Balaban J connectivity index is 1.57. The molecule has 3 aromatic rings. The van der Waals surface area contributed by atoms with Crippen LogP contribution >= 0.6 is 0 Å². The molecule has 0 bridgehead atoms. The first-order chi connectivity index (χ1) is 14.9. The normalized spacial score (nSPS) is 18.7. The number of hydrogen-bond acceptors (Lipinski definition) is 5. The smallest absolute Gasteiger partial charge is 0.339 e. The third-order valence-corrected chi connectivity index (χ3v) is 5.18. The molecule has 0 aliphatic carbocycles. The van der Waals surface area contributed by atoms with Crippen LogP contribution in [0.1, 0.15) is 24.2 Å². The molecule has 31 heavy (non-hydrogen) atoms. The molecule has 4 rings (SSSR count). The van der Waals surface area contributed by atoms with Crippen molar-refractivity contribution in [3.05, 3.63) is 66.0 Å². The van der Waals surface area contributed by atoms with E-state index in [1.807, 2.05) is 19.9 Å². The molecule has 2 aromatic carbocycles. The quantitative estimate of drug-likeness (QED) is 0.598. The van der Waals surface area contributed by atoms with E-state index in [0.717, 1.165) is 0 Å². The Bertz CT molecular complexity index is 1110. The van der Waals surface area contributed by atoms with E-state index in [1.54, 1.807) is 41.3 Å². The van der Waals surface area contributed by atoms with Crippen LogP contribution in [-0.4, -0.2) is 53.7 Å². The highest BCUT2D eigenvalue weighted by Crippen LogP contribution is 2.25. The van der Waals surface area contributed by atoms with Crippen LogP contribution in [0.15, 0.2) is 54.6 Å². The molecule has 0 unspecified atom stereocenters. The molecule has 160 valence electrons. The zero-order valence-corrected chi connectivity index (χ0v) is 17.4. The predicted octanol–water partition coefficient (Wildman–Crippen LogP) is 3.83. The van der Waals surface area contributed by atoms with E-state index < -0.39 is 5.97 Å². The minimum Gasteiger partial charge on any atom is -0.452 e. The maximum atomic E-state index is 13.3. The van der Waals surface area contributed by atoms with Gasteiger partial charge in [-0.2, -0.15) is 0 Å². The molecule has 1 fully saturated rings. The Labute approximate surface area is 179 Å². The second-order valence-corrected chi connectivity index (χ2v) is 7.71. The topological polar surface area (TPSA) is 68.7 Å². The van der Waals surface area contributed by atoms with Crippen LogP contribution in [-0.2, 0) is 14.3 Å². The molecule has 1 aliphatic rings. The van der Waals surface area contributed by atoms with E-state index >= 15 is 0 Å². The zero-order chi connectivity index (χ0) is 22.0. The van der Waals surface area contributed by atoms with Gasteiger partial charge in [-0.1, -0.05) is 18.2 Å². The first-order valence-corrected chi connectivity index (χ1v) is 10.2. The summed E-state index contributed by atoms with van der Waals surface area (Å²) < 4.78 is 24.3. The fourth-order valence-electron chi connectivity index (χ4n) is 3.79. The number of rotatable bonds is 4. The van der Waals surface area contributed by atoms with Crippen LogP contribution in [0.4, 0.5) is 4.39 Å². The van der Waals surface area contributed by atoms with Crippen molar-refractivity contribution in [3.8, 4) is 11.3 Å².